The zero-order valence-corrected chi connectivity index (χ0v) is 16.0. The Morgan fingerprint density at radius 1 is 1.16 bits per heavy atom. The summed E-state index contributed by atoms with van der Waals surface area (Å²) in [5.41, 5.74) is 0. The van der Waals surface area contributed by atoms with Crippen molar-refractivity contribution >= 4 is 12.2 Å². The molecule has 1 aromatic heterocycles. The molecule has 0 radical (unpaired) electrons. The number of hydrogen-bond acceptors (Lipinski definition) is 5. The van der Waals surface area contributed by atoms with Gasteiger partial charge in [-0.3, -0.25) is 4.90 Å². The molecule has 1 fully saturated rings. The van der Waals surface area contributed by atoms with Crippen LogP contribution in [0.5, 0.6) is 11.5 Å². The molecule has 25 heavy (non-hydrogen) atoms. The first-order chi connectivity index (χ1) is 12.1. The minimum absolute atomic E-state index is 0.385. The number of hydrogen-bond donors (Lipinski definition) is 0. The van der Waals surface area contributed by atoms with Crippen LogP contribution in [0, 0.1) is 10.7 Å². The fourth-order valence-corrected chi connectivity index (χ4v) is 3.17. The van der Waals surface area contributed by atoms with Crippen molar-refractivity contribution < 1.29 is 9.47 Å². The predicted octanol–water partition coefficient (Wildman–Crippen LogP) is 3.23. The Hall–Kier alpha value is -1.86. The molecular weight excluding hydrogens is 336 g/mol. The Kier molecular flexibility index (Phi) is 5.75. The first-order valence-corrected chi connectivity index (χ1v) is 9.09. The van der Waals surface area contributed by atoms with Crippen LogP contribution in [-0.2, 0) is 20.3 Å². The third-order valence-electron chi connectivity index (χ3n) is 4.77. The van der Waals surface area contributed by atoms with Gasteiger partial charge in [0.15, 0.2) is 10.6 Å². The van der Waals surface area contributed by atoms with Gasteiger partial charge in [-0.15, -0.1) is 0 Å². The van der Waals surface area contributed by atoms with Crippen molar-refractivity contribution in [2.75, 3.05) is 20.2 Å². The fraction of sp³-hybridized carbons (Fsp3) is 0.556. The largest absolute Gasteiger partial charge is 0.497 e. The number of nitrogens with zero attached hydrogens (tertiary/aromatic N) is 4. The highest BCUT2D eigenvalue weighted by Gasteiger charge is 2.17. The normalized spacial score (nSPS) is 16.1. The molecule has 0 unspecified atom stereocenters. The molecule has 0 aliphatic carbocycles. The number of aromatic nitrogens is 3. The molecule has 0 amide bonds. The number of rotatable bonds is 6. The molecule has 1 aliphatic heterocycles. The van der Waals surface area contributed by atoms with Gasteiger partial charge in [0.05, 0.1) is 13.8 Å². The van der Waals surface area contributed by atoms with Crippen LogP contribution in [0.4, 0.5) is 0 Å². The van der Waals surface area contributed by atoms with Crippen LogP contribution in [0.2, 0.25) is 0 Å². The van der Waals surface area contributed by atoms with Gasteiger partial charge in [0.2, 0.25) is 0 Å². The molecule has 0 spiro atoms. The minimum Gasteiger partial charge on any atom is -0.497 e. The molecule has 1 aliphatic rings. The molecule has 2 aromatic rings. The van der Waals surface area contributed by atoms with Gasteiger partial charge in [0, 0.05) is 20.1 Å². The molecule has 0 bridgehead atoms. The van der Waals surface area contributed by atoms with E-state index in [0.29, 0.717) is 6.61 Å². The van der Waals surface area contributed by atoms with E-state index in [2.05, 4.69) is 16.9 Å². The SMILES string of the molecule is COc1ccc(OCc2nn(CN3CCC(C)CC3)c(=S)n2C)cc1. The number of likely N-dealkylation sites (tertiary alicyclic amines) is 1. The van der Waals surface area contributed by atoms with E-state index >= 15 is 0 Å². The maximum absolute atomic E-state index is 5.83. The molecule has 7 heteroatoms. The zero-order chi connectivity index (χ0) is 17.8. The number of ether oxygens (including phenoxy) is 2. The molecule has 0 saturated carbocycles. The summed E-state index contributed by atoms with van der Waals surface area (Å²) in [5, 5.41) is 4.66. The first kappa shape index (κ1) is 17.9. The van der Waals surface area contributed by atoms with Crippen molar-refractivity contribution in [1.82, 2.24) is 19.2 Å². The van der Waals surface area contributed by atoms with Crippen LogP contribution in [-0.4, -0.2) is 39.4 Å². The van der Waals surface area contributed by atoms with Gasteiger partial charge < -0.3 is 14.0 Å². The summed E-state index contributed by atoms with van der Waals surface area (Å²) >= 11 is 5.53. The third kappa shape index (κ3) is 4.41. The summed E-state index contributed by atoms with van der Waals surface area (Å²) in [4.78, 5) is 2.41. The van der Waals surface area contributed by atoms with Gasteiger partial charge in [-0.05, 0) is 55.2 Å². The molecule has 2 heterocycles. The molecule has 1 saturated heterocycles. The lowest BCUT2D eigenvalue weighted by molar-refractivity contribution is 0.145. The number of benzene rings is 1. The van der Waals surface area contributed by atoms with Gasteiger partial charge in [0.1, 0.15) is 18.1 Å². The van der Waals surface area contributed by atoms with E-state index in [-0.39, 0.29) is 0 Å². The Labute approximate surface area is 154 Å². The molecule has 1 aromatic carbocycles. The minimum atomic E-state index is 0.385. The molecule has 6 nitrogen and oxygen atoms in total. The molecular formula is C18H26N4O2S. The fourth-order valence-electron chi connectivity index (χ4n) is 2.96. The molecule has 3 rings (SSSR count). The smallest absolute Gasteiger partial charge is 0.198 e. The lowest BCUT2D eigenvalue weighted by Crippen LogP contribution is -2.34. The highest BCUT2D eigenvalue weighted by Crippen LogP contribution is 2.19. The maximum atomic E-state index is 5.83. The second-order valence-corrected chi connectivity index (χ2v) is 7.03. The summed E-state index contributed by atoms with van der Waals surface area (Å²) < 4.78 is 15.5. The quantitative estimate of drug-likeness (QED) is 0.738. The summed E-state index contributed by atoms with van der Waals surface area (Å²) in [7, 11) is 3.59. The lowest BCUT2D eigenvalue weighted by Gasteiger charge is -2.29. The van der Waals surface area contributed by atoms with Crippen LogP contribution in [0.3, 0.4) is 0 Å². The third-order valence-corrected chi connectivity index (χ3v) is 5.25. The van der Waals surface area contributed by atoms with E-state index in [1.165, 1.54) is 12.8 Å². The van der Waals surface area contributed by atoms with Crippen molar-refractivity contribution in [3.63, 3.8) is 0 Å². The average molecular weight is 362 g/mol. The van der Waals surface area contributed by atoms with Gasteiger partial charge in [-0.1, -0.05) is 6.92 Å². The van der Waals surface area contributed by atoms with E-state index in [9.17, 15) is 0 Å². The van der Waals surface area contributed by atoms with Gasteiger partial charge in [-0.25, -0.2) is 4.68 Å². The van der Waals surface area contributed by atoms with Crippen LogP contribution in [0.25, 0.3) is 0 Å². The summed E-state index contributed by atoms with van der Waals surface area (Å²) in [6.07, 6.45) is 2.49. The highest BCUT2D eigenvalue weighted by atomic mass is 32.1. The summed E-state index contributed by atoms with van der Waals surface area (Å²) in [6, 6.07) is 7.53. The predicted molar refractivity (Wildman–Crippen MR) is 99.3 cm³/mol. The summed E-state index contributed by atoms with van der Waals surface area (Å²) in [5.74, 6) is 3.24. The van der Waals surface area contributed by atoms with Gasteiger partial charge in [-0.2, -0.15) is 5.10 Å². The van der Waals surface area contributed by atoms with Crippen LogP contribution in [0.1, 0.15) is 25.6 Å². The van der Waals surface area contributed by atoms with Crippen molar-refractivity contribution in [1.29, 1.82) is 0 Å². The molecule has 136 valence electrons. The summed E-state index contributed by atoms with van der Waals surface area (Å²) in [6.45, 7) is 5.67. The first-order valence-electron chi connectivity index (χ1n) is 8.68. The number of piperidine rings is 1. The van der Waals surface area contributed by atoms with E-state index < -0.39 is 0 Å². The van der Waals surface area contributed by atoms with E-state index in [4.69, 9.17) is 21.7 Å². The Morgan fingerprint density at radius 3 is 2.44 bits per heavy atom. The van der Waals surface area contributed by atoms with Crippen molar-refractivity contribution in [3.8, 4) is 11.5 Å². The monoisotopic (exact) mass is 362 g/mol. The van der Waals surface area contributed by atoms with Crippen molar-refractivity contribution in [2.24, 2.45) is 13.0 Å². The standard InChI is InChI=1S/C18H26N4O2S/c1-14-8-10-21(11-9-14)13-22-18(25)20(2)17(19-22)12-24-16-6-4-15(23-3)5-7-16/h4-7,14H,8-13H2,1-3H3. The number of methoxy groups -OCH3 is 1. The topological polar surface area (TPSA) is 44.5 Å². The lowest BCUT2D eigenvalue weighted by atomic mass is 10.00. The van der Waals surface area contributed by atoms with Gasteiger partial charge in [0.25, 0.3) is 0 Å². The van der Waals surface area contributed by atoms with E-state index in [1.54, 1.807) is 7.11 Å². The highest BCUT2D eigenvalue weighted by molar-refractivity contribution is 7.71. The van der Waals surface area contributed by atoms with Crippen LogP contribution < -0.4 is 9.47 Å². The van der Waals surface area contributed by atoms with Crippen LogP contribution >= 0.6 is 12.2 Å². The Bertz CT molecular complexity index is 745. The van der Waals surface area contributed by atoms with Crippen LogP contribution in [0.15, 0.2) is 24.3 Å². The molecule has 0 atom stereocenters. The second kappa shape index (κ2) is 8.01. The van der Waals surface area contributed by atoms with Gasteiger partial charge >= 0.3 is 0 Å². The Balaban J connectivity index is 1.63. The maximum Gasteiger partial charge on any atom is 0.198 e. The van der Waals surface area contributed by atoms with E-state index in [1.807, 2.05) is 40.6 Å². The Morgan fingerprint density at radius 2 is 1.80 bits per heavy atom. The zero-order valence-electron chi connectivity index (χ0n) is 15.1. The second-order valence-electron chi connectivity index (χ2n) is 6.66. The molecule has 0 N–H and O–H groups in total. The van der Waals surface area contributed by atoms with E-state index in [0.717, 1.165) is 47.8 Å². The average Bonchev–Trinajstić information content (AvgIpc) is 2.90. The van der Waals surface area contributed by atoms with Crippen molar-refractivity contribution in [3.05, 3.63) is 34.9 Å². The van der Waals surface area contributed by atoms with Crippen molar-refractivity contribution in [2.45, 2.75) is 33.0 Å².